The van der Waals surface area contributed by atoms with Crippen molar-refractivity contribution >= 4 is 17.5 Å². The summed E-state index contributed by atoms with van der Waals surface area (Å²) >= 11 is 0. The van der Waals surface area contributed by atoms with Crippen molar-refractivity contribution in [1.29, 1.82) is 0 Å². The number of carbonyl (C=O) groups excluding carboxylic acids is 2. The number of piperidine rings is 1. The van der Waals surface area contributed by atoms with Gasteiger partial charge in [0.15, 0.2) is 0 Å². The molecule has 1 aliphatic heterocycles. The van der Waals surface area contributed by atoms with E-state index < -0.39 is 0 Å². The van der Waals surface area contributed by atoms with Gasteiger partial charge in [0, 0.05) is 13.1 Å². The Labute approximate surface area is 166 Å². The van der Waals surface area contributed by atoms with Crippen LogP contribution in [-0.4, -0.2) is 35.9 Å². The highest BCUT2D eigenvalue weighted by Gasteiger charge is 2.24. The number of anilines is 1. The third-order valence-corrected chi connectivity index (χ3v) is 4.97. The Hall–Kier alpha value is -2.82. The van der Waals surface area contributed by atoms with Gasteiger partial charge in [-0.05, 0) is 56.9 Å². The van der Waals surface area contributed by atoms with Gasteiger partial charge >= 0.3 is 0 Å². The highest BCUT2D eigenvalue weighted by molar-refractivity contribution is 6.10. The van der Waals surface area contributed by atoms with Crippen LogP contribution >= 0.6 is 0 Å². The van der Waals surface area contributed by atoms with Crippen LogP contribution in [-0.2, 0) is 0 Å². The summed E-state index contributed by atoms with van der Waals surface area (Å²) < 4.78 is 5.75. The second-order valence-electron chi connectivity index (χ2n) is 7.64. The molecule has 5 heteroatoms. The van der Waals surface area contributed by atoms with E-state index in [1.807, 2.05) is 36.9 Å². The van der Waals surface area contributed by atoms with E-state index in [1.165, 1.54) is 0 Å². The molecule has 5 nitrogen and oxygen atoms in total. The van der Waals surface area contributed by atoms with Crippen LogP contribution in [0.25, 0.3) is 0 Å². The number of ether oxygens (including phenoxy) is 1. The van der Waals surface area contributed by atoms with Crippen LogP contribution in [0.3, 0.4) is 0 Å². The molecule has 1 heterocycles. The lowest BCUT2D eigenvalue weighted by Crippen LogP contribution is -2.38. The van der Waals surface area contributed by atoms with E-state index in [1.54, 1.807) is 30.3 Å². The van der Waals surface area contributed by atoms with E-state index in [9.17, 15) is 9.59 Å². The van der Waals surface area contributed by atoms with Crippen molar-refractivity contribution in [1.82, 2.24) is 4.90 Å². The zero-order chi connectivity index (χ0) is 20.1. The third-order valence-electron chi connectivity index (χ3n) is 4.97. The second-order valence-corrected chi connectivity index (χ2v) is 7.64. The number of amides is 2. The molecule has 0 saturated carbocycles. The van der Waals surface area contributed by atoms with E-state index in [2.05, 4.69) is 12.2 Å². The van der Waals surface area contributed by atoms with Crippen molar-refractivity contribution < 1.29 is 14.3 Å². The molecule has 3 rings (SSSR count). The molecule has 28 heavy (non-hydrogen) atoms. The van der Waals surface area contributed by atoms with E-state index in [-0.39, 0.29) is 17.9 Å². The standard InChI is InChI=1S/C23H28N2O3/c1-16(2)28-21-11-7-5-9-19(21)22(26)24-20-10-6-4-8-18(20)23(27)25-14-12-17(3)13-15-25/h4-11,16-17H,12-15H2,1-3H3,(H,24,26). The Balaban J connectivity index is 1.80. The van der Waals surface area contributed by atoms with Crippen LogP contribution in [0.5, 0.6) is 5.75 Å². The number of carbonyl (C=O) groups is 2. The fraction of sp³-hybridized carbons (Fsp3) is 0.391. The predicted octanol–water partition coefficient (Wildman–Crippen LogP) is 4.60. The molecule has 0 spiro atoms. The highest BCUT2D eigenvalue weighted by Crippen LogP contribution is 2.25. The average Bonchev–Trinajstić information content (AvgIpc) is 2.68. The van der Waals surface area contributed by atoms with Crippen LogP contribution in [0.4, 0.5) is 5.69 Å². The van der Waals surface area contributed by atoms with Gasteiger partial charge in [-0.1, -0.05) is 31.2 Å². The molecule has 0 aromatic heterocycles. The molecule has 0 unspecified atom stereocenters. The predicted molar refractivity (Wildman–Crippen MR) is 111 cm³/mol. The molecule has 0 aliphatic carbocycles. The number of benzene rings is 2. The lowest BCUT2D eigenvalue weighted by atomic mass is 9.98. The topological polar surface area (TPSA) is 58.6 Å². The largest absolute Gasteiger partial charge is 0.490 e. The van der Waals surface area contributed by atoms with Gasteiger partial charge in [0.25, 0.3) is 11.8 Å². The summed E-state index contributed by atoms with van der Waals surface area (Å²) in [6, 6.07) is 14.3. The Morgan fingerprint density at radius 3 is 2.29 bits per heavy atom. The van der Waals surface area contributed by atoms with Crippen molar-refractivity contribution in [3.05, 3.63) is 59.7 Å². The maximum absolute atomic E-state index is 13.0. The van der Waals surface area contributed by atoms with Crippen LogP contribution < -0.4 is 10.1 Å². The van der Waals surface area contributed by atoms with E-state index in [4.69, 9.17) is 4.74 Å². The summed E-state index contributed by atoms with van der Waals surface area (Å²) in [5.74, 6) is 0.860. The smallest absolute Gasteiger partial charge is 0.259 e. The van der Waals surface area contributed by atoms with Gasteiger partial charge in [-0.25, -0.2) is 0 Å². The summed E-state index contributed by atoms with van der Waals surface area (Å²) in [6.07, 6.45) is 1.99. The normalized spacial score (nSPS) is 14.8. The van der Waals surface area contributed by atoms with E-state index in [0.717, 1.165) is 25.9 Å². The van der Waals surface area contributed by atoms with Crippen LogP contribution in [0.1, 0.15) is 54.3 Å². The number of hydrogen-bond donors (Lipinski definition) is 1. The number of hydrogen-bond acceptors (Lipinski definition) is 3. The molecule has 2 aromatic rings. The maximum Gasteiger partial charge on any atom is 0.259 e. The molecule has 0 radical (unpaired) electrons. The molecule has 2 aromatic carbocycles. The maximum atomic E-state index is 13.0. The van der Waals surface area contributed by atoms with Gasteiger partial charge in [0.05, 0.1) is 22.9 Å². The minimum Gasteiger partial charge on any atom is -0.490 e. The summed E-state index contributed by atoms with van der Waals surface area (Å²) in [5, 5.41) is 2.90. The quantitative estimate of drug-likeness (QED) is 0.825. The average molecular weight is 380 g/mol. The van der Waals surface area contributed by atoms with Gasteiger partial charge in [0.1, 0.15) is 5.75 Å². The minimum atomic E-state index is -0.288. The van der Waals surface area contributed by atoms with Crippen molar-refractivity contribution in [2.45, 2.75) is 39.7 Å². The Bertz CT molecular complexity index is 839. The van der Waals surface area contributed by atoms with Crippen LogP contribution in [0.2, 0.25) is 0 Å². The van der Waals surface area contributed by atoms with Gasteiger partial charge < -0.3 is 15.0 Å². The first-order valence-corrected chi connectivity index (χ1v) is 9.91. The summed E-state index contributed by atoms with van der Waals surface area (Å²) in [7, 11) is 0. The first-order chi connectivity index (χ1) is 13.5. The summed E-state index contributed by atoms with van der Waals surface area (Å²) in [5.41, 5.74) is 1.49. The van der Waals surface area contributed by atoms with Crippen molar-refractivity contribution in [3.8, 4) is 5.75 Å². The van der Waals surface area contributed by atoms with Crippen LogP contribution in [0, 0.1) is 5.92 Å². The first kappa shape index (κ1) is 19.9. The molecule has 0 atom stereocenters. The lowest BCUT2D eigenvalue weighted by Gasteiger charge is -2.30. The van der Waals surface area contributed by atoms with E-state index in [0.29, 0.717) is 28.5 Å². The second kappa shape index (κ2) is 8.91. The third kappa shape index (κ3) is 4.71. The fourth-order valence-corrected chi connectivity index (χ4v) is 3.36. The van der Waals surface area contributed by atoms with Crippen molar-refractivity contribution in [2.24, 2.45) is 5.92 Å². The molecular formula is C23H28N2O3. The molecule has 1 N–H and O–H groups in total. The molecular weight excluding hydrogens is 352 g/mol. The number of nitrogens with zero attached hydrogens (tertiary/aromatic N) is 1. The summed E-state index contributed by atoms with van der Waals surface area (Å²) in [4.78, 5) is 27.8. The lowest BCUT2D eigenvalue weighted by molar-refractivity contribution is 0.0698. The monoisotopic (exact) mass is 380 g/mol. The van der Waals surface area contributed by atoms with Crippen LogP contribution in [0.15, 0.2) is 48.5 Å². The molecule has 1 aliphatic rings. The van der Waals surface area contributed by atoms with Crippen molar-refractivity contribution in [3.63, 3.8) is 0 Å². The molecule has 1 saturated heterocycles. The molecule has 1 fully saturated rings. The fourth-order valence-electron chi connectivity index (χ4n) is 3.36. The Morgan fingerprint density at radius 1 is 1.00 bits per heavy atom. The van der Waals surface area contributed by atoms with Crippen molar-refractivity contribution in [2.75, 3.05) is 18.4 Å². The first-order valence-electron chi connectivity index (χ1n) is 9.91. The van der Waals surface area contributed by atoms with Gasteiger partial charge in [0.2, 0.25) is 0 Å². The summed E-state index contributed by atoms with van der Waals surface area (Å²) in [6.45, 7) is 7.57. The van der Waals surface area contributed by atoms with Gasteiger partial charge in [-0.3, -0.25) is 9.59 Å². The number of rotatable bonds is 5. The SMILES string of the molecule is CC1CCN(C(=O)c2ccccc2NC(=O)c2ccccc2OC(C)C)CC1. The Kier molecular flexibility index (Phi) is 6.34. The molecule has 0 bridgehead atoms. The number of likely N-dealkylation sites (tertiary alicyclic amines) is 1. The van der Waals surface area contributed by atoms with E-state index >= 15 is 0 Å². The number of para-hydroxylation sites is 2. The molecule has 2 amide bonds. The van der Waals surface area contributed by atoms with Gasteiger partial charge in [-0.15, -0.1) is 0 Å². The zero-order valence-corrected chi connectivity index (χ0v) is 16.8. The molecule has 148 valence electrons. The Morgan fingerprint density at radius 2 is 1.61 bits per heavy atom. The highest BCUT2D eigenvalue weighted by atomic mass is 16.5. The number of nitrogens with one attached hydrogen (secondary N) is 1. The zero-order valence-electron chi connectivity index (χ0n) is 16.8. The van der Waals surface area contributed by atoms with Gasteiger partial charge in [-0.2, -0.15) is 0 Å². The minimum absolute atomic E-state index is 0.0329.